The number of carbonyl (C=O) groups excluding carboxylic acids is 1. The molecule has 0 aliphatic heterocycles. The summed E-state index contributed by atoms with van der Waals surface area (Å²) in [6.45, 7) is 0.398. The average Bonchev–Trinajstić information content (AvgIpc) is 3.50. The molecule has 2 saturated carbocycles. The molecule has 33 heavy (non-hydrogen) atoms. The highest BCUT2D eigenvalue weighted by atomic mass is 16.5. The summed E-state index contributed by atoms with van der Waals surface area (Å²) in [5.74, 6) is 2.10. The van der Waals surface area contributed by atoms with E-state index in [0.29, 0.717) is 12.5 Å². The lowest BCUT2D eigenvalue weighted by atomic mass is 9.63. The molecule has 2 bridgehead atoms. The maximum Gasteiger partial charge on any atom is 0.150 e. The van der Waals surface area contributed by atoms with Gasteiger partial charge in [0.05, 0.1) is 11.2 Å². The van der Waals surface area contributed by atoms with Gasteiger partial charge >= 0.3 is 0 Å². The van der Waals surface area contributed by atoms with Gasteiger partial charge in [-0.05, 0) is 72.6 Å². The number of fused-ring (bicyclic) bond motifs is 3. The van der Waals surface area contributed by atoms with E-state index in [-0.39, 0.29) is 5.41 Å². The first kappa shape index (κ1) is 20.2. The van der Waals surface area contributed by atoms with Crippen LogP contribution in [0.1, 0.15) is 52.9 Å². The van der Waals surface area contributed by atoms with E-state index in [1.165, 1.54) is 24.8 Å². The van der Waals surface area contributed by atoms with Crippen LogP contribution in [-0.4, -0.2) is 11.3 Å². The van der Waals surface area contributed by atoms with Crippen LogP contribution in [0.2, 0.25) is 0 Å². The van der Waals surface area contributed by atoms with Crippen molar-refractivity contribution in [3.05, 3.63) is 107 Å². The molecule has 2 aliphatic rings. The van der Waals surface area contributed by atoms with Crippen molar-refractivity contribution in [2.24, 2.45) is 11.8 Å². The van der Waals surface area contributed by atoms with E-state index in [1.54, 1.807) is 0 Å². The zero-order chi connectivity index (χ0) is 22.3. The van der Waals surface area contributed by atoms with Gasteiger partial charge in [0, 0.05) is 16.4 Å². The molecule has 1 aromatic heterocycles. The molecule has 164 valence electrons. The molecule has 2 fully saturated rings. The maximum atomic E-state index is 12.1. The first-order valence-corrected chi connectivity index (χ1v) is 11.9. The summed E-state index contributed by atoms with van der Waals surface area (Å²) in [6.07, 6.45) is 5.90. The van der Waals surface area contributed by atoms with Gasteiger partial charge in [0.25, 0.3) is 0 Å². The second-order valence-electron chi connectivity index (χ2n) is 9.57. The second kappa shape index (κ2) is 8.15. The van der Waals surface area contributed by atoms with Crippen molar-refractivity contribution < 1.29 is 9.53 Å². The van der Waals surface area contributed by atoms with Crippen LogP contribution in [0.25, 0.3) is 10.9 Å². The van der Waals surface area contributed by atoms with Gasteiger partial charge in [-0.2, -0.15) is 0 Å². The second-order valence-corrected chi connectivity index (χ2v) is 9.57. The van der Waals surface area contributed by atoms with Crippen LogP contribution in [0.15, 0.2) is 84.9 Å². The van der Waals surface area contributed by atoms with Crippen LogP contribution in [0.3, 0.4) is 0 Å². The monoisotopic (exact) mass is 433 g/mol. The molecular formula is C30H27NO2. The predicted octanol–water partition coefficient (Wildman–Crippen LogP) is 6.73. The highest BCUT2D eigenvalue weighted by molar-refractivity contribution is 5.80. The number of aldehydes is 1. The fourth-order valence-electron chi connectivity index (χ4n) is 6.36. The Labute approximate surface area is 194 Å². The van der Waals surface area contributed by atoms with Gasteiger partial charge in [-0.15, -0.1) is 0 Å². The topological polar surface area (TPSA) is 39.2 Å². The summed E-state index contributed by atoms with van der Waals surface area (Å²) in [5, 5.41) is 1.12. The Morgan fingerprint density at radius 1 is 0.939 bits per heavy atom. The van der Waals surface area contributed by atoms with Gasteiger partial charge in [0.1, 0.15) is 18.6 Å². The Bertz CT molecular complexity index is 1320. The lowest BCUT2D eigenvalue weighted by Crippen LogP contribution is -2.35. The first-order valence-electron chi connectivity index (χ1n) is 11.9. The summed E-state index contributed by atoms with van der Waals surface area (Å²) in [5.41, 5.74) is 4.99. The van der Waals surface area contributed by atoms with E-state index in [2.05, 4.69) is 48.5 Å². The molecule has 0 amide bonds. The van der Waals surface area contributed by atoms with E-state index in [4.69, 9.17) is 9.72 Å². The molecule has 0 N–H and O–H groups in total. The quantitative estimate of drug-likeness (QED) is 0.316. The van der Waals surface area contributed by atoms with Crippen molar-refractivity contribution in [1.29, 1.82) is 0 Å². The van der Waals surface area contributed by atoms with Crippen LogP contribution in [-0.2, 0) is 12.0 Å². The van der Waals surface area contributed by atoms with Crippen molar-refractivity contribution >= 4 is 17.2 Å². The number of ether oxygens (including phenoxy) is 1. The van der Waals surface area contributed by atoms with Crippen molar-refractivity contribution in [2.45, 2.75) is 37.7 Å². The summed E-state index contributed by atoms with van der Waals surface area (Å²) in [6, 6.07) is 29.0. The van der Waals surface area contributed by atoms with Gasteiger partial charge in [-0.3, -0.25) is 4.79 Å². The number of hydrogen-bond acceptors (Lipinski definition) is 3. The number of nitrogens with zero attached hydrogens (tertiary/aromatic N) is 1. The van der Waals surface area contributed by atoms with E-state index in [0.717, 1.165) is 52.1 Å². The molecule has 3 atom stereocenters. The molecule has 3 aromatic carbocycles. The standard InChI is InChI=1S/C30H27NO2/c32-19-23-12-15-27(33-20-26-14-11-22-6-4-5-9-29(22)31-26)17-28(23)30(24-7-2-1-3-8-24)18-21-10-13-25(30)16-21/h1-9,11-12,14-15,17,19,21,25H,10,13,16,18,20H2. The fraction of sp³-hybridized carbons (Fsp3) is 0.267. The van der Waals surface area contributed by atoms with Gasteiger partial charge in [0.15, 0.2) is 0 Å². The van der Waals surface area contributed by atoms with E-state index in [9.17, 15) is 4.79 Å². The minimum absolute atomic E-state index is 0.110. The zero-order valence-electron chi connectivity index (χ0n) is 18.6. The molecule has 6 rings (SSSR count). The van der Waals surface area contributed by atoms with E-state index in [1.807, 2.05) is 36.4 Å². The SMILES string of the molecule is O=Cc1ccc(OCc2ccc3ccccc3n2)cc1C1(c2ccccc2)CC2CCC1C2. The van der Waals surface area contributed by atoms with Gasteiger partial charge in [0.2, 0.25) is 0 Å². The molecule has 3 unspecified atom stereocenters. The first-order chi connectivity index (χ1) is 16.3. The normalized spacial score (nSPS) is 23.6. The number of rotatable bonds is 6. The summed E-state index contributed by atoms with van der Waals surface area (Å²) < 4.78 is 6.22. The third-order valence-corrected chi connectivity index (χ3v) is 7.81. The molecule has 0 saturated heterocycles. The van der Waals surface area contributed by atoms with Crippen LogP contribution in [0, 0.1) is 11.8 Å². The molecule has 0 radical (unpaired) electrons. The average molecular weight is 434 g/mol. The fourth-order valence-corrected chi connectivity index (χ4v) is 6.36. The molecule has 2 aliphatic carbocycles. The van der Waals surface area contributed by atoms with Crippen LogP contribution in [0.5, 0.6) is 5.75 Å². The van der Waals surface area contributed by atoms with Gasteiger partial charge in [-0.1, -0.05) is 61.0 Å². The van der Waals surface area contributed by atoms with Crippen molar-refractivity contribution in [3.8, 4) is 5.75 Å². The number of carbonyl (C=O) groups is 1. The van der Waals surface area contributed by atoms with E-state index >= 15 is 0 Å². The molecule has 0 spiro atoms. The highest BCUT2D eigenvalue weighted by Crippen LogP contribution is 2.60. The van der Waals surface area contributed by atoms with E-state index < -0.39 is 0 Å². The van der Waals surface area contributed by atoms with Crippen molar-refractivity contribution in [1.82, 2.24) is 4.98 Å². The summed E-state index contributed by atoms with van der Waals surface area (Å²) in [7, 11) is 0. The minimum atomic E-state index is -0.110. The summed E-state index contributed by atoms with van der Waals surface area (Å²) in [4.78, 5) is 16.9. The molecule has 3 heteroatoms. The zero-order valence-corrected chi connectivity index (χ0v) is 18.6. The Morgan fingerprint density at radius 2 is 1.79 bits per heavy atom. The number of benzene rings is 3. The predicted molar refractivity (Wildman–Crippen MR) is 131 cm³/mol. The lowest BCUT2D eigenvalue weighted by Gasteiger charge is -2.40. The van der Waals surface area contributed by atoms with Crippen LogP contribution < -0.4 is 4.74 Å². The van der Waals surface area contributed by atoms with Crippen molar-refractivity contribution in [3.63, 3.8) is 0 Å². The minimum Gasteiger partial charge on any atom is -0.487 e. The Balaban J connectivity index is 1.36. The van der Waals surface area contributed by atoms with Gasteiger partial charge in [-0.25, -0.2) is 4.98 Å². The molecule has 4 aromatic rings. The number of aromatic nitrogens is 1. The van der Waals surface area contributed by atoms with Gasteiger partial charge < -0.3 is 4.74 Å². The molecule has 3 nitrogen and oxygen atoms in total. The third-order valence-electron chi connectivity index (χ3n) is 7.81. The van der Waals surface area contributed by atoms with Crippen molar-refractivity contribution in [2.75, 3.05) is 0 Å². The van der Waals surface area contributed by atoms with Crippen LogP contribution >= 0.6 is 0 Å². The number of pyridine rings is 1. The number of para-hydroxylation sites is 1. The Kier molecular flexibility index (Phi) is 4.98. The smallest absolute Gasteiger partial charge is 0.150 e. The van der Waals surface area contributed by atoms with Crippen LogP contribution in [0.4, 0.5) is 0 Å². The molecule has 1 heterocycles. The lowest BCUT2D eigenvalue weighted by molar-refractivity contribution is 0.112. The number of hydrogen-bond donors (Lipinski definition) is 0. The Hall–Kier alpha value is -3.46. The maximum absolute atomic E-state index is 12.1. The third kappa shape index (κ3) is 3.43. The largest absolute Gasteiger partial charge is 0.487 e. The Morgan fingerprint density at radius 3 is 2.58 bits per heavy atom. The summed E-state index contributed by atoms with van der Waals surface area (Å²) >= 11 is 0. The highest BCUT2D eigenvalue weighted by Gasteiger charge is 2.53. The molecular weight excluding hydrogens is 406 g/mol.